The number of carbonyl (C=O) groups excluding carboxylic acids is 2. The molecular formula is C19H27N3O2. The molecule has 1 aromatic heterocycles. The number of nitrogens with zero attached hydrogens (tertiary/aromatic N) is 1. The van der Waals surface area contributed by atoms with E-state index in [1.54, 1.807) is 13.1 Å². The molecule has 130 valence electrons. The van der Waals surface area contributed by atoms with E-state index >= 15 is 0 Å². The van der Waals surface area contributed by atoms with Crippen molar-refractivity contribution in [2.45, 2.75) is 51.5 Å². The largest absolute Gasteiger partial charge is 0.356 e. The fraction of sp³-hybridized carbons (Fsp3) is 0.632. The first-order valence-electron chi connectivity index (χ1n) is 9.09. The molecule has 0 aliphatic heterocycles. The van der Waals surface area contributed by atoms with E-state index in [0.717, 1.165) is 50.8 Å². The number of hydrogen-bond acceptors (Lipinski definition) is 3. The fourth-order valence-corrected chi connectivity index (χ4v) is 3.67. The summed E-state index contributed by atoms with van der Waals surface area (Å²) in [6.07, 6.45) is 8.21. The van der Waals surface area contributed by atoms with Gasteiger partial charge in [-0.15, -0.1) is 0 Å². The molecule has 1 aromatic rings. The number of nitrogens with one attached hydrogen (secondary N) is 2. The molecule has 2 amide bonds. The van der Waals surface area contributed by atoms with Crippen molar-refractivity contribution in [2.24, 2.45) is 17.8 Å². The average molecular weight is 329 g/mol. The predicted molar refractivity (Wildman–Crippen MR) is 92.0 cm³/mol. The molecule has 0 unspecified atom stereocenters. The first-order valence-corrected chi connectivity index (χ1v) is 9.09. The zero-order valence-corrected chi connectivity index (χ0v) is 14.3. The van der Waals surface area contributed by atoms with Gasteiger partial charge in [0.1, 0.15) is 0 Å². The fourth-order valence-electron chi connectivity index (χ4n) is 3.67. The maximum Gasteiger partial charge on any atom is 0.223 e. The second-order valence-electron chi connectivity index (χ2n) is 7.23. The first-order chi connectivity index (χ1) is 11.6. The maximum atomic E-state index is 11.8. The van der Waals surface area contributed by atoms with Gasteiger partial charge < -0.3 is 10.6 Å². The number of aromatic nitrogens is 1. The van der Waals surface area contributed by atoms with Crippen LogP contribution in [0.25, 0.3) is 0 Å². The van der Waals surface area contributed by atoms with Gasteiger partial charge in [0.15, 0.2) is 0 Å². The van der Waals surface area contributed by atoms with Crippen molar-refractivity contribution in [1.82, 2.24) is 15.6 Å². The summed E-state index contributed by atoms with van der Waals surface area (Å²) in [5, 5.41) is 6.18. The molecule has 0 bridgehead atoms. The van der Waals surface area contributed by atoms with Crippen LogP contribution < -0.4 is 10.6 Å². The summed E-state index contributed by atoms with van der Waals surface area (Å²) >= 11 is 0. The van der Waals surface area contributed by atoms with Gasteiger partial charge in [0.25, 0.3) is 0 Å². The molecule has 0 radical (unpaired) electrons. The van der Waals surface area contributed by atoms with E-state index in [9.17, 15) is 9.59 Å². The Labute approximate surface area is 143 Å². The minimum Gasteiger partial charge on any atom is -0.356 e. The molecular weight excluding hydrogens is 302 g/mol. The number of pyridine rings is 1. The highest BCUT2D eigenvalue weighted by Crippen LogP contribution is 2.36. The summed E-state index contributed by atoms with van der Waals surface area (Å²) in [6.45, 7) is 2.37. The lowest BCUT2D eigenvalue weighted by Crippen LogP contribution is -2.36. The third-order valence-electron chi connectivity index (χ3n) is 5.24. The van der Waals surface area contributed by atoms with E-state index in [-0.39, 0.29) is 23.8 Å². The molecule has 0 saturated heterocycles. The van der Waals surface area contributed by atoms with Crippen LogP contribution in [0.5, 0.6) is 0 Å². The monoisotopic (exact) mass is 329 g/mol. The Hall–Kier alpha value is -1.91. The van der Waals surface area contributed by atoms with E-state index < -0.39 is 0 Å². The molecule has 3 rings (SSSR count). The Kier molecular flexibility index (Phi) is 5.48. The van der Waals surface area contributed by atoms with Crippen LogP contribution in [-0.2, 0) is 9.59 Å². The van der Waals surface area contributed by atoms with E-state index in [2.05, 4.69) is 15.6 Å². The Morgan fingerprint density at radius 3 is 2.50 bits per heavy atom. The summed E-state index contributed by atoms with van der Waals surface area (Å²) in [4.78, 5) is 27.8. The summed E-state index contributed by atoms with van der Waals surface area (Å²) in [5.41, 5.74) is 0.943. The van der Waals surface area contributed by atoms with Crippen LogP contribution in [0.1, 0.15) is 57.2 Å². The smallest absolute Gasteiger partial charge is 0.223 e. The van der Waals surface area contributed by atoms with Crippen LogP contribution in [0, 0.1) is 17.8 Å². The van der Waals surface area contributed by atoms with Crippen molar-refractivity contribution in [2.75, 3.05) is 6.54 Å². The molecule has 2 fully saturated rings. The van der Waals surface area contributed by atoms with Gasteiger partial charge in [-0.3, -0.25) is 14.6 Å². The van der Waals surface area contributed by atoms with Crippen molar-refractivity contribution in [3.63, 3.8) is 0 Å². The van der Waals surface area contributed by atoms with E-state index in [1.807, 2.05) is 18.2 Å². The summed E-state index contributed by atoms with van der Waals surface area (Å²) < 4.78 is 0. The average Bonchev–Trinajstić information content (AvgIpc) is 3.44. The molecule has 1 heterocycles. The zero-order valence-electron chi connectivity index (χ0n) is 14.3. The van der Waals surface area contributed by atoms with Crippen LogP contribution in [0.15, 0.2) is 24.4 Å². The van der Waals surface area contributed by atoms with Crippen molar-refractivity contribution in [3.8, 4) is 0 Å². The van der Waals surface area contributed by atoms with Crippen molar-refractivity contribution >= 4 is 11.8 Å². The highest BCUT2D eigenvalue weighted by Gasteiger charge is 2.32. The first kappa shape index (κ1) is 16.9. The van der Waals surface area contributed by atoms with Gasteiger partial charge in [0, 0.05) is 25.6 Å². The third kappa shape index (κ3) is 4.56. The number of rotatable bonds is 6. The second kappa shape index (κ2) is 7.77. The summed E-state index contributed by atoms with van der Waals surface area (Å²) in [5.74, 6) is 1.49. The Morgan fingerprint density at radius 2 is 1.92 bits per heavy atom. The number of carbonyl (C=O) groups is 2. The normalized spacial score (nSPS) is 24.9. The molecule has 24 heavy (non-hydrogen) atoms. The lowest BCUT2D eigenvalue weighted by atomic mass is 9.77. The van der Waals surface area contributed by atoms with Crippen LogP contribution in [-0.4, -0.2) is 23.3 Å². The maximum absolute atomic E-state index is 11.8. The van der Waals surface area contributed by atoms with Gasteiger partial charge in [-0.2, -0.15) is 0 Å². The molecule has 2 aliphatic carbocycles. The minimum absolute atomic E-state index is 0.00861. The molecule has 1 atom stereocenters. The van der Waals surface area contributed by atoms with E-state index in [0.29, 0.717) is 11.8 Å². The Morgan fingerprint density at radius 1 is 1.17 bits per heavy atom. The van der Waals surface area contributed by atoms with Crippen molar-refractivity contribution in [1.29, 1.82) is 0 Å². The van der Waals surface area contributed by atoms with Gasteiger partial charge in [-0.1, -0.05) is 6.07 Å². The predicted octanol–water partition coefficient (Wildman–Crippen LogP) is 2.59. The SMILES string of the molecule is CC(=O)N[C@H](c1ccccn1)C1CCC(CNC(=O)C2CC2)CC1. The molecule has 2 saturated carbocycles. The topological polar surface area (TPSA) is 71.1 Å². The molecule has 0 aromatic carbocycles. The lowest BCUT2D eigenvalue weighted by molar-refractivity contribution is -0.123. The van der Waals surface area contributed by atoms with Crippen LogP contribution >= 0.6 is 0 Å². The van der Waals surface area contributed by atoms with Gasteiger partial charge in [0.2, 0.25) is 11.8 Å². The van der Waals surface area contributed by atoms with Crippen LogP contribution in [0.2, 0.25) is 0 Å². The van der Waals surface area contributed by atoms with Crippen molar-refractivity contribution < 1.29 is 9.59 Å². The Balaban J connectivity index is 1.52. The molecule has 2 N–H and O–H groups in total. The van der Waals surface area contributed by atoms with Gasteiger partial charge in [-0.05, 0) is 62.5 Å². The molecule has 5 heteroatoms. The number of amides is 2. The lowest BCUT2D eigenvalue weighted by Gasteiger charge is -2.34. The second-order valence-corrected chi connectivity index (χ2v) is 7.23. The minimum atomic E-state index is -0.00975. The van der Waals surface area contributed by atoms with Crippen molar-refractivity contribution in [3.05, 3.63) is 30.1 Å². The summed E-state index contributed by atoms with van der Waals surface area (Å²) in [6, 6.07) is 5.85. The number of hydrogen-bond donors (Lipinski definition) is 2. The van der Waals surface area contributed by atoms with Gasteiger partial charge >= 0.3 is 0 Å². The standard InChI is InChI=1S/C19H27N3O2/c1-13(23)22-18(17-4-2-3-11-20-17)15-7-5-14(6-8-15)12-21-19(24)16-9-10-16/h2-4,11,14-16,18H,5-10,12H2,1H3,(H,21,24)(H,22,23)/t14?,15?,18-/m0/s1. The summed E-state index contributed by atoms with van der Waals surface area (Å²) in [7, 11) is 0. The Bertz CT molecular complexity index is 563. The zero-order chi connectivity index (χ0) is 16.9. The molecule has 0 spiro atoms. The van der Waals surface area contributed by atoms with Gasteiger partial charge in [-0.25, -0.2) is 0 Å². The molecule has 2 aliphatic rings. The van der Waals surface area contributed by atoms with Crippen LogP contribution in [0.4, 0.5) is 0 Å². The van der Waals surface area contributed by atoms with Crippen LogP contribution in [0.3, 0.4) is 0 Å². The van der Waals surface area contributed by atoms with E-state index in [1.165, 1.54) is 0 Å². The van der Waals surface area contributed by atoms with E-state index in [4.69, 9.17) is 0 Å². The quantitative estimate of drug-likeness (QED) is 0.843. The molecule has 5 nitrogen and oxygen atoms in total. The van der Waals surface area contributed by atoms with Gasteiger partial charge in [0.05, 0.1) is 11.7 Å². The highest BCUT2D eigenvalue weighted by molar-refractivity contribution is 5.80. The third-order valence-corrected chi connectivity index (χ3v) is 5.24. The highest BCUT2D eigenvalue weighted by atomic mass is 16.2.